The maximum absolute atomic E-state index is 5.78. The van der Waals surface area contributed by atoms with E-state index >= 15 is 0 Å². The Kier molecular flexibility index (Phi) is 3.49. The number of aryl methyl sites for hydroxylation is 1. The number of para-hydroxylation sites is 1. The Morgan fingerprint density at radius 2 is 2.16 bits per heavy atom. The van der Waals surface area contributed by atoms with Crippen molar-refractivity contribution in [3.8, 4) is 0 Å². The molecule has 1 aromatic heterocycles. The van der Waals surface area contributed by atoms with Gasteiger partial charge in [-0.05, 0) is 43.4 Å². The van der Waals surface area contributed by atoms with Gasteiger partial charge in [-0.15, -0.1) is 0 Å². The minimum Gasteiger partial charge on any atom is -0.271 e. The summed E-state index contributed by atoms with van der Waals surface area (Å²) in [5.41, 5.74) is 6.39. The highest BCUT2D eigenvalue weighted by Gasteiger charge is 2.23. The molecule has 0 saturated heterocycles. The predicted octanol–water partition coefficient (Wildman–Crippen LogP) is 3.24. The van der Waals surface area contributed by atoms with Gasteiger partial charge in [0.2, 0.25) is 0 Å². The molecular weight excluding hydrogens is 234 g/mol. The third-order valence-corrected chi connectivity index (χ3v) is 4.01. The van der Waals surface area contributed by atoms with E-state index in [4.69, 9.17) is 5.84 Å². The molecule has 1 fully saturated rings. The second kappa shape index (κ2) is 5.27. The van der Waals surface area contributed by atoms with E-state index in [1.165, 1.54) is 30.2 Å². The van der Waals surface area contributed by atoms with E-state index in [1.807, 2.05) is 13.0 Å². The van der Waals surface area contributed by atoms with Gasteiger partial charge in [0.15, 0.2) is 0 Å². The van der Waals surface area contributed by atoms with Gasteiger partial charge in [0.25, 0.3) is 0 Å². The van der Waals surface area contributed by atoms with Crippen LogP contribution in [0.25, 0.3) is 10.9 Å². The number of hydrogen-bond donors (Lipinski definition) is 2. The average Bonchev–Trinajstić information content (AvgIpc) is 3.23. The van der Waals surface area contributed by atoms with E-state index in [2.05, 4.69) is 34.7 Å². The molecule has 3 heteroatoms. The fourth-order valence-corrected chi connectivity index (χ4v) is 2.77. The monoisotopic (exact) mass is 255 g/mol. The average molecular weight is 255 g/mol. The third-order valence-electron chi connectivity index (χ3n) is 4.01. The van der Waals surface area contributed by atoms with Crippen molar-refractivity contribution >= 4 is 10.9 Å². The summed E-state index contributed by atoms with van der Waals surface area (Å²) >= 11 is 0. The van der Waals surface area contributed by atoms with Crippen LogP contribution in [0.4, 0.5) is 0 Å². The van der Waals surface area contributed by atoms with Crippen LogP contribution in [-0.4, -0.2) is 4.98 Å². The first kappa shape index (κ1) is 12.6. The van der Waals surface area contributed by atoms with Gasteiger partial charge >= 0.3 is 0 Å². The first-order valence-corrected chi connectivity index (χ1v) is 7.10. The molecular formula is C16H21N3. The molecule has 1 heterocycles. The van der Waals surface area contributed by atoms with E-state index in [0.717, 1.165) is 23.5 Å². The zero-order chi connectivity index (χ0) is 13.2. The topological polar surface area (TPSA) is 50.9 Å². The van der Waals surface area contributed by atoms with Crippen molar-refractivity contribution < 1.29 is 0 Å². The first-order chi connectivity index (χ1) is 9.28. The molecule has 100 valence electrons. The molecule has 19 heavy (non-hydrogen) atoms. The van der Waals surface area contributed by atoms with Crippen LogP contribution in [0.1, 0.15) is 43.0 Å². The van der Waals surface area contributed by atoms with Crippen molar-refractivity contribution in [2.24, 2.45) is 11.8 Å². The molecule has 0 bridgehead atoms. The van der Waals surface area contributed by atoms with Gasteiger partial charge in [-0.2, -0.15) is 0 Å². The third kappa shape index (κ3) is 2.77. The Hall–Kier alpha value is -1.45. The van der Waals surface area contributed by atoms with Gasteiger partial charge in [0.1, 0.15) is 0 Å². The summed E-state index contributed by atoms with van der Waals surface area (Å²) in [5, 5.41) is 1.21. The second-order valence-corrected chi connectivity index (χ2v) is 5.61. The number of hydrazine groups is 1. The second-order valence-electron chi connectivity index (χ2n) is 5.61. The van der Waals surface area contributed by atoms with Crippen molar-refractivity contribution in [1.29, 1.82) is 0 Å². The fraction of sp³-hybridized carbons (Fsp3) is 0.438. The molecule has 0 amide bonds. The zero-order valence-corrected chi connectivity index (χ0v) is 11.4. The minimum atomic E-state index is 0.229. The van der Waals surface area contributed by atoms with Crippen molar-refractivity contribution in [1.82, 2.24) is 10.4 Å². The predicted molar refractivity (Wildman–Crippen MR) is 78.5 cm³/mol. The highest BCUT2D eigenvalue weighted by Crippen LogP contribution is 2.36. The van der Waals surface area contributed by atoms with Crippen LogP contribution in [-0.2, 0) is 0 Å². The summed E-state index contributed by atoms with van der Waals surface area (Å²) in [6.07, 6.45) is 5.17. The number of benzene rings is 1. The molecule has 3 rings (SSSR count). The number of nitrogens with one attached hydrogen (secondary N) is 1. The molecule has 0 radical (unpaired) electrons. The molecule has 1 aromatic carbocycles. The van der Waals surface area contributed by atoms with E-state index < -0.39 is 0 Å². The number of hydrogen-bond acceptors (Lipinski definition) is 3. The van der Waals surface area contributed by atoms with Crippen LogP contribution in [0.3, 0.4) is 0 Å². The Balaban J connectivity index is 1.95. The normalized spacial score (nSPS) is 16.7. The zero-order valence-electron chi connectivity index (χ0n) is 11.4. The highest BCUT2D eigenvalue weighted by molar-refractivity contribution is 5.82. The molecule has 2 aromatic rings. The van der Waals surface area contributed by atoms with Crippen LogP contribution in [0, 0.1) is 12.8 Å². The minimum absolute atomic E-state index is 0.229. The Morgan fingerprint density at radius 1 is 1.37 bits per heavy atom. The van der Waals surface area contributed by atoms with Crippen LogP contribution in [0.2, 0.25) is 0 Å². The summed E-state index contributed by atoms with van der Waals surface area (Å²) in [6.45, 7) is 2.05. The van der Waals surface area contributed by atoms with Crippen molar-refractivity contribution in [2.45, 2.75) is 38.6 Å². The van der Waals surface area contributed by atoms with Crippen molar-refractivity contribution in [3.63, 3.8) is 0 Å². The molecule has 3 N–H and O–H groups in total. The van der Waals surface area contributed by atoms with E-state index in [1.54, 1.807) is 0 Å². The number of nitrogens with zero attached hydrogens (tertiary/aromatic N) is 1. The lowest BCUT2D eigenvalue weighted by atomic mass is 9.97. The van der Waals surface area contributed by atoms with Gasteiger partial charge in [0, 0.05) is 17.1 Å². The lowest BCUT2D eigenvalue weighted by molar-refractivity contribution is 0.484. The van der Waals surface area contributed by atoms with Crippen molar-refractivity contribution in [2.75, 3.05) is 0 Å². The maximum Gasteiger partial charge on any atom is 0.0708 e. The van der Waals surface area contributed by atoms with E-state index in [-0.39, 0.29) is 6.04 Å². The molecule has 1 unspecified atom stereocenters. The molecule has 0 aliphatic heterocycles. The first-order valence-electron chi connectivity index (χ1n) is 7.10. The molecule has 1 saturated carbocycles. The fourth-order valence-electron chi connectivity index (χ4n) is 2.77. The summed E-state index contributed by atoms with van der Waals surface area (Å²) in [4.78, 5) is 4.59. The summed E-state index contributed by atoms with van der Waals surface area (Å²) < 4.78 is 0. The largest absolute Gasteiger partial charge is 0.271 e. The molecule has 1 aliphatic rings. The maximum atomic E-state index is 5.78. The number of rotatable bonds is 5. The summed E-state index contributed by atoms with van der Waals surface area (Å²) in [6, 6.07) is 10.7. The SMILES string of the molecule is Cc1cc(C(CCC2CC2)NN)c2ccccc2n1. The van der Waals surface area contributed by atoms with Crippen LogP contribution in [0.15, 0.2) is 30.3 Å². The Labute approximate surface area is 114 Å². The van der Waals surface area contributed by atoms with Crippen molar-refractivity contribution in [3.05, 3.63) is 41.6 Å². The molecule has 1 aliphatic carbocycles. The van der Waals surface area contributed by atoms with Crippen LogP contribution < -0.4 is 11.3 Å². The number of fused-ring (bicyclic) bond motifs is 1. The standard InChI is InChI=1S/C16H21N3/c1-11-10-14(13-4-2-3-5-15(13)18-11)16(19-17)9-8-12-6-7-12/h2-5,10,12,16,19H,6-9,17H2,1H3. The summed E-state index contributed by atoms with van der Waals surface area (Å²) in [5.74, 6) is 6.72. The lowest BCUT2D eigenvalue weighted by Gasteiger charge is -2.18. The quantitative estimate of drug-likeness (QED) is 0.637. The number of aromatic nitrogens is 1. The van der Waals surface area contributed by atoms with Crippen LogP contribution >= 0.6 is 0 Å². The molecule has 1 atom stereocenters. The molecule has 0 spiro atoms. The van der Waals surface area contributed by atoms with Gasteiger partial charge < -0.3 is 0 Å². The van der Waals surface area contributed by atoms with Gasteiger partial charge in [-0.25, -0.2) is 0 Å². The van der Waals surface area contributed by atoms with Gasteiger partial charge in [-0.1, -0.05) is 31.0 Å². The highest BCUT2D eigenvalue weighted by atomic mass is 15.2. The van der Waals surface area contributed by atoms with Crippen LogP contribution in [0.5, 0.6) is 0 Å². The van der Waals surface area contributed by atoms with E-state index in [9.17, 15) is 0 Å². The molecule has 3 nitrogen and oxygen atoms in total. The lowest BCUT2D eigenvalue weighted by Crippen LogP contribution is -2.28. The number of nitrogens with two attached hydrogens (primary N) is 1. The smallest absolute Gasteiger partial charge is 0.0708 e. The Morgan fingerprint density at radius 3 is 2.89 bits per heavy atom. The van der Waals surface area contributed by atoms with Gasteiger partial charge in [-0.3, -0.25) is 16.3 Å². The van der Waals surface area contributed by atoms with Gasteiger partial charge in [0.05, 0.1) is 5.52 Å². The van der Waals surface area contributed by atoms with E-state index in [0.29, 0.717) is 0 Å². The number of pyridine rings is 1. The Bertz CT molecular complexity index is 575. The summed E-state index contributed by atoms with van der Waals surface area (Å²) in [7, 11) is 0.